The van der Waals surface area contributed by atoms with Gasteiger partial charge in [0.25, 0.3) is 0 Å². The molecule has 1 aliphatic rings. The smallest absolute Gasteiger partial charge is 0.169 e. The Hall–Kier alpha value is -1.35. The maximum atomic E-state index is 13.6. The summed E-state index contributed by atoms with van der Waals surface area (Å²) in [7, 11) is 0. The van der Waals surface area contributed by atoms with E-state index in [1.807, 2.05) is 12.1 Å². The molecule has 2 atom stereocenters. The van der Waals surface area contributed by atoms with Crippen molar-refractivity contribution in [1.29, 1.82) is 0 Å². The topological polar surface area (TPSA) is 25.2 Å². The molecule has 0 saturated carbocycles. The summed E-state index contributed by atoms with van der Waals surface area (Å²) in [4.78, 5) is 0. The summed E-state index contributed by atoms with van der Waals surface area (Å²) in [6.45, 7) is 4.25. The van der Waals surface area contributed by atoms with Crippen LogP contribution < -0.4 is 5.32 Å². The van der Waals surface area contributed by atoms with E-state index in [9.17, 15) is 4.39 Å². The Balaban J connectivity index is 2.00. The average Bonchev–Trinajstić information content (AvgIpc) is 2.84. The van der Waals surface area contributed by atoms with E-state index < -0.39 is 0 Å². The highest BCUT2D eigenvalue weighted by Gasteiger charge is 2.28. The molecule has 1 saturated heterocycles. The molecule has 1 aliphatic heterocycles. The van der Waals surface area contributed by atoms with E-state index in [1.165, 1.54) is 6.07 Å². The summed E-state index contributed by atoms with van der Waals surface area (Å²) in [6.07, 6.45) is 2.19. The zero-order valence-corrected chi connectivity index (χ0v) is 10.6. The summed E-state index contributed by atoms with van der Waals surface area (Å²) in [5, 5.41) is 4.29. The Kier molecular flexibility index (Phi) is 3.08. The second kappa shape index (κ2) is 4.73. The molecule has 3 heteroatoms. The lowest BCUT2D eigenvalue weighted by Crippen LogP contribution is -2.34. The van der Waals surface area contributed by atoms with E-state index in [4.69, 9.17) is 4.42 Å². The van der Waals surface area contributed by atoms with Gasteiger partial charge < -0.3 is 9.73 Å². The maximum Gasteiger partial charge on any atom is 0.169 e. The van der Waals surface area contributed by atoms with Gasteiger partial charge in [-0.25, -0.2) is 4.39 Å². The molecule has 96 valence electrons. The number of rotatable bonds is 2. The lowest BCUT2D eigenvalue weighted by Gasteiger charge is -2.29. The third kappa shape index (κ3) is 1.93. The monoisotopic (exact) mass is 247 g/mol. The number of nitrogens with one attached hydrogen (secondary N) is 1. The van der Waals surface area contributed by atoms with Gasteiger partial charge in [0.15, 0.2) is 11.4 Å². The van der Waals surface area contributed by atoms with E-state index in [0.717, 1.165) is 37.1 Å². The number of furan rings is 1. The van der Waals surface area contributed by atoms with Crippen LogP contribution in [0.2, 0.25) is 0 Å². The molecular formula is C15H18FNO. The van der Waals surface area contributed by atoms with E-state index in [-0.39, 0.29) is 5.82 Å². The van der Waals surface area contributed by atoms with Crippen LogP contribution >= 0.6 is 0 Å². The van der Waals surface area contributed by atoms with Crippen molar-refractivity contribution in [3.05, 3.63) is 35.8 Å². The van der Waals surface area contributed by atoms with Crippen molar-refractivity contribution < 1.29 is 8.81 Å². The second-order valence-electron chi connectivity index (χ2n) is 5.07. The molecule has 2 nitrogen and oxygen atoms in total. The highest BCUT2D eigenvalue weighted by atomic mass is 19.1. The second-order valence-corrected chi connectivity index (χ2v) is 5.07. The fourth-order valence-electron chi connectivity index (χ4n) is 2.96. The van der Waals surface area contributed by atoms with Gasteiger partial charge in [-0.2, -0.15) is 0 Å². The van der Waals surface area contributed by atoms with Crippen LogP contribution in [-0.2, 0) is 0 Å². The minimum atomic E-state index is -0.263. The number of piperidine rings is 1. The van der Waals surface area contributed by atoms with E-state index >= 15 is 0 Å². The number of hydrogen-bond donors (Lipinski definition) is 1. The number of hydrogen-bond acceptors (Lipinski definition) is 2. The molecule has 3 rings (SSSR count). The van der Waals surface area contributed by atoms with Crippen LogP contribution in [0.3, 0.4) is 0 Å². The third-order valence-electron chi connectivity index (χ3n) is 4.01. The summed E-state index contributed by atoms with van der Waals surface area (Å²) in [5.41, 5.74) is 0.404. The summed E-state index contributed by atoms with van der Waals surface area (Å²) in [6, 6.07) is 7.11. The van der Waals surface area contributed by atoms with Crippen LogP contribution in [0.1, 0.15) is 31.4 Å². The lowest BCUT2D eigenvalue weighted by molar-refractivity contribution is 0.285. The largest absolute Gasteiger partial charge is 0.458 e. The maximum absolute atomic E-state index is 13.6. The first-order valence-corrected chi connectivity index (χ1v) is 6.68. The zero-order valence-electron chi connectivity index (χ0n) is 10.6. The van der Waals surface area contributed by atoms with Crippen LogP contribution in [0, 0.1) is 11.7 Å². The molecule has 0 radical (unpaired) electrons. The fourth-order valence-corrected chi connectivity index (χ4v) is 2.96. The van der Waals surface area contributed by atoms with E-state index in [2.05, 4.69) is 12.2 Å². The molecule has 0 spiro atoms. The molecule has 0 amide bonds. The van der Waals surface area contributed by atoms with Gasteiger partial charge >= 0.3 is 0 Å². The summed E-state index contributed by atoms with van der Waals surface area (Å²) in [5.74, 6) is 1.69. The molecular weight excluding hydrogens is 229 g/mol. The van der Waals surface area contributed by atoms with Crippen molar-refractivity contribution in [3.63, 3.8) is 0 Å². The Bertz CT molecular complexity index is 548. The van der Waals surface area contributed by atoms with Gasteiger partial charge in [-0.3, -0.25) is 0 Å². The van der Waals surface area contributed by atoms with Crippen LogP contribution in [0.4, 0.5) is 4.39 Å². The molecule has 2 aromatic rings. The SMILES string of the molecule is CCC1CNCCC1c1cc2cccc(F)c2o1. The third-order valence-corrected chi connectivity index (χ3v) is 4.01. The van der Waals surface area contributed by atoms with Crippen molar-refractivity contribution in [1.82, 2.24) is 5.32 Å². The van der Waals surface area contributed by atoms with Crippen LogP contribution in [0.15, 0.2) is 28.7 Å². The Labute approximate surface area is 106 Å². The van der Waals surface area contributed by atoms with Gasteiger partial charge in [-0.15, -0.1) is 0 Å². The highest BCUT2D eigenvalue weighted by molar-refractivity contribution is 5.78. The summed E-state index contributed by atoms with van der Waals surface area (Å²) < 4.78 is 19.4. The van der Waals surface area contributed by atoms with E-state index in [0.29, 0.717) is 17.4 Å². The van der Waals surface area contributed by atoms with Gasteiger partial charge in [0.2, 0.25) is 0 Å². The average molecular weight is 247 g/mol. The first-order valence-electron chi connectivity index (χ1n) is 6.68. The number of halogens is 1. The van der Waals surface area contributed by atoms with Crippen LogP contribution in [0.25, 0.3) is 11.0 Å². The number of benzene rings is 1. The molecule has 1 aromatic heterocycles. The highest BCUT2D eigenvalue weighted by Crippen LogP contribution is 2.35. The number of para-hydroxylation sites is 1. The first kappa shape index (κ1) is 11.7. The predicted octanol–water partition coefficient (Wildman–Crippen LogP) is 3.68. The van der Waals surface area contributed by atoms with Crippen LogP contribution in [0.5, 0.6) is 0 Å². The van der Waals surface area contributed by atoms with Gasteiger partial charge in [0, 0.05) is 11.3 Å². The van der Waals surface area contributed by atoms with Crippen molar-refractivity contribution in [3.8, 4) is 0 Å². The lowest BCUT2D eigenvalue weighted by atomic mass is 9.83. The number of fused-ring (bicyclic) bond motifs is 1. The van der Waals surface area contributed by atoms with Crippen molar-refractivity contribution in [2.75, 3.05) is 13.1 Å². The van der Waals surface area contributed by atoms with Crippen LogP contribution in [-0.4, -0.2) is 13.1 Å². The van der Waals surface area contributed by atoms with Crippen molar-refractivity contribution in [2.45, 2.75) is 25.7 Å². The molecule has 2 unspecified atom stereocenters. The molecule has 1 fully saturated rings. The molecule has 1 N–H and O–H groups in total. The normalized spacial score (nSPS) is 24.6. The molecule has 2 heterocycles. The first-order chi connectivity index (χ1) is 8.79. The van der Waals surface area contributed by atoms with Crippen molar-refractivity contribution >= 4 is 11.0 Å². The van der Waals surface area contributed by atoms with Gasteiger partial charge in [-0.1, -0.05) is 25.5 Å². The fraction of sp³-hybridized carbons (Fsp3) is 0.467. The van der Waals surface area contributed by atoms with Gasteiger partial charge in [0.05, 0.1) is 0 Å². The molecule has 0 aliphatic carbocycles. The Morgan fingerprint density at radius 1 is 1.44 bits per heavy atom. The quantitative estimate of drug-likeness (QED) is 0.875. The van der Waals surface area contributed by atoms with Crippen molar-refractivity contribution in [2.24, 2.45) is 5.92 Å². The zero-order chi connectivity index (χ0) is 12.5. The minimum Gasteiger partial charge on any atom is -0.458 e. The summed E-state index contributed by atoms with van der Waals surface area (Å²) >= 11 is 0. The van der Waals surface area contributed by atoms with Gasteiger partial charge in [0.1, 0.15) is 5.76 Å². The van der Waals surface area contributed by atoms with E-state index in [1.54, 1.807) is 6.07 Å². The Morgan fingerprint density at radius 2 is 2.33 bits per heavy atom. The molecule has 18 heavy (non-hydrogen) atoms. The standard InChI is InChI=1S/C15H18FNO/c1-2-10-9-17-7-6-12(10)14-8-11-4-3-5-13(16)15(11)18-14/h3-5,8,10,12,17H,2,6-7,9H2,1H3. The predicted molar refractivity (Wildman–Crippen MR) is 70.2 cm³/mol. The molecule has 1 aromatic carbocycles. The molecule has 0 bridgehead atoms. The van der Waals surface area contributed by atoms with Gasteiger partial charge in [-0.05, 0) is 37.6 Å². The Morgan fingerprint density at radius 3 is 3.11 bits per heavy atom. The minimum absolute atomic E-state index is 0.263.